The number of pyridine rings is 1. The Bertz CT molecular complexity index is 1150. The summed E-state index contributed by atoms with van der Waals surface area (Å²) < 4.78 is 50.0. The number of oxazole rings is 1. The summed E-state index contributed by atoms with van der Waals surface area (Å²) in [5.41, 5.74) is -0.289. The summed E-state index contributed by atoms with van der Waals surface area (Å²) in [6.45, 7) is 0. The molecule has 0 amide bonds. The molecule has 4 rings (SSSR count). The smallest absolute Gasteiger partial charge is 0.417 e. The van der Waals surface area contributed by atoms with Gasteiger partial charge in [-0.2, -0.15) is 13.2 Å². The molecule has 0 N–H and O–H groups in total. The molecule has 0 spiro atoms. The maximum Gasteiger partial charge on any atom is 0.417 e. The molecule has 0 unspecified atom stereocenters. The van der Waals surface area contributed by atoms with Gasteiger partial charge >= 0.3 is 12.1 Å². The summed E-state index contributed by atoms with van der Waals surface area (Å²) in [6.07, 6.45) is -3.07. The van der Waals surface area contributed by atoms with Crippen molar-refractivity contribution in [1.82, 2.24) is 9.97 Å². The van der Waals surface area contributed by atoms with Crippen LogP contribution in [-0.4, -0.2) is 15.9 Å². The van der Waals surface area contributed by atoms with Crippen LogP contribution < -0.4 is 4.74 Å². The van der Waals surface area contributed by atoms with Gasteiger partial charge in [0.1, 0.15) is 17.0 Å². The molecule has 28 heavy (non-hydrogen) atoms. The van der Waals surface area contributed by atoms with E-state index in [-0.39, 0.29) is 11.6 Å². The standard InChI is InChI=1S/C20H11F3N2O3/c21-20(22,23)14-6-2-1-5-13(14)19(26)27-12-8-9-15-17(11-12)28-18(25-15)16-7-3-4-10-24-16/h1-11H. The zero-order chi connectivity index (χ0) is 19.7. The molecule has 2 aromatic carbocycles. The molecule has 0 aliphatic rings. The van der Waals surface area contributed by atoms with Crippen LogP contribution in [0.4, 0.5) is 13.2 Å². The van der Waals surface area contributed by atoms with E-state index in [1.165, 1.54) is 24.3 Å². The highest BCUT2D eigenvalue weighted by molar-refractivity contribution is 5.93. The fourth-order valence-corrected chi connectivity index (χ4v) is 2.64. The Morgan fingerprint density at radius 3 is 2.54 bits per heavy atom. The summed E-state index contributed by atoms with van der Waals surface area (Å²) >= 11 is 0. The highest BCUT2D eigenvalue weighted by Crippen LogP contribution is 2.33. The molecular formula is C20H11F3N2O3. The molecular weight excluding hydrogens is 373 g/mol. The maximum atomic E-state index is 13.1. The van der Waals surface area contributed by atoms with E-state index in [0.29, 0.717) is 16.8 Å². The van der Waals surface area contributed by atoms with Crippen LogP contribution >= 0.6 is 0 Å². The molecule has 0 aliphatic heterocycles. The predicted octanol–water partition coefficient (Wildman–Crippen LogP) is 5.13. The summed E-state index contributed by atoms with van der Waals surface area (Å²) in [6, 6.07) is 14.1. The molecule has 0 saturated carbocycles. The first-order valence-corrected chi connectivity index (χ1v) is 8.12. The zero-order valence-electron chi connectivity index (χ0n) is 14.1. The minimum absolute atomic E-state index is 0.0400. The third kappa shape index (κ3) is 3.44. The predicted molar refractivity (Wildman–Crippen MR) is 93.6 cm³/mol. The Morgan fingerprint density at radius 1 is 1.00 bits per heavy atom. The second-order valence-corrected chi connectivity index (χ2v) is 5.80. The quantitative estimate of drug-likeness (QED) is 0.362. The van der Waals surface area contributed by atoms with Gasteiger partial charge in [0.05, 0.1) is 11.1 Å². The van der Waals surface area contributed by atoms with E-state index in [4.69, 9.17) is 9.15 Å². The summed E-state index contributed by atoms with van der Waals surface area (Å²) in [5, 5.41) is 0. The number of benzene rings is 2. The molecule has 0 aliphatic carbocycles. The SMILES string of the molecule is O=C(Oc1ccc2nc(-c3ccccn3)oc2c1)c1ccccc1C(F)(F)F. The van der Waals surface area contributed by atoms with Crippen molar-refractivity contribution < 1.29 is 27.1 Å². The summed E-state index contributed by atoms with van der Waals surface area (Å²) in [5.74, 6) is -0.795. The lowest BCUT2D eigenvalue weighted by Gasteiger charge is -2.11. The minimum atomic E-state index is -4.66. The average Bonchev–Trinajstić information content (AvgIpc) is 3.11. The Hall–Kier alpha value is -3.68. The van der Waals surface area contributed by atoms with Gasteiger partial charge < -0.3 is 9.15 Å². The first kappa shape index (κ1) is 17.7. The van der Waals surface area contributed by atoms with Crippen molar-refractivity contribution >= 4 is 17.1 Å². The zero-order valence-corrected chi connectivity index (χ0v) is 14.1. The lowest BCUT2D eigenvalue weighted by Crippen LogP contribution is -2.16. The molecule has 2 aromatic heterocycles. The number of hydrogen-bond acceptors (Lipinski definition) is 5. The van der Waals surface area contributed by atoms with Crippen LogP contribution in [0.15, 0.2) is 71.3 Å². The fourth-order valence-electron chi connectivity index (χ4n) is 2.64. The third-order valence-corrected chi connectivity index (χ3v) is 3.91. The van der Waals surface area contributed by atoms with E-state index in [2.05, 4.69) is 9.97 Å². The van der Waals surface area contributed by atoms with Crippen LogP contribution in [0, 0.1) is 0 Å². The molecule has 140 valence electrons. The second kappa shape index (κ2) is 6.80. The number of carbonyl (C=O) groups is 1. The number of rotatable bonds is 3. The number of alkyl halides is 3. The monoisotopic (exact) mass is 384 g/mol. The topological polar surface area (TPSA) is 65.2 Å². The number of carbonyl (C=O) groups excluding carboxylic acids is 1. The van der Waals surface area contributed by atoms with Crippen LogP contribution in [0.3, 0.4) is 0 Å². The lowest BCUT2D eigenvalue weighted by molar-refractivity contribution is -0.138. The van der Waals surface area contributed by atoms with E-state index >= 15 is 0 Å². The molecule has 0 radical (unpaired) electrons. The average molecular weight is 384 g/mol. The van der Waals surface area contributed by atoms with Gasteiger partial charge in [-0.05, 0) is 36.4 Å². The first-order valence-electron chi connectivity index (χ1n) is 8.12. The summed E-state index contributed by atoms with van der Waals surface area (Å²) in [7, 11) is 0. The highest BCUT2D eigenvalue weighted by atomic mass is 19.4. The number of aromatic nitrogens is 2. The van der Waals surface area contributed by atoms with Gasteiger partial charge in [0.25, 0.3) is 0 Å². The number of fused-ring (bicyclic) bond motifs is 1. The van der Waals surface area contributed by atoms with Gasteiger partial charge in [0, 0.05) is 12.3 Å². The van der Waals surface area contributed by atoms with Gasteiger partial charge in [-0.1, -0.05) is 18.2 Å². The number of esters is 1. The van der Waals surface area contributed by atoms with Crippen LogP contribution in [0.25, 0.3) is 22.7 Å². The molecule has 0 bridgehead atoms. The Balaban J connectivity index is 1.63. The number of ether oxygens (including phenoxy) is 1. The molecule has 4 aromatic rings. The second-order valence-electron chi connectivity index (χ2n) is 5.80. The molecule has 0 saturated heterocycles. The van der Waals surface area contributed by atoms with Crippen molar-refractivity contribution in [3.8, 4) is 17.3 Å². The Labute approximate surface area is 156 Å². The fraction of sp³-hybridized carbons (Fsp3) is 0.0500. The van der Waals surface area contributed by atoms with Gasteiger partial charge in [-0.3, -0.25) is 4.98 Å². The first-order chi connectivity index (χ1) is 13.4. The van der Waals surface area contributed by atoms with Gasteiger partial charge in [0.15, 0.2) is 5.58 Å². The Morgan fingerprint density at radius 2 is 1.79 bits per heavy atom. The van der Waals surface area contributed by atoms with Crippen LogP contribution in [0.2, 0.25) is 0 Å². The molecule has 0 atom stereocenters. The van der Waals surface area contributed by atoms with Gasteiger partial charge in [0.2, 0.25) is 5.89 Å². The van der Waals surface area contributed by atoms with Crippen LogP contribution in [0.1, 0.15) is 15.9 Å². The van der Waals surface area contributed by atoms with E-state index in [1.54, 1.807) is 30.5 Å². The van der Waals surface area contributed by atoms with E-state index < -0.39 is 23.3 Å². The highest BCUT2D eigenvalue weighted by Gasteiger charge is 2.35. The van der Waals surface area contributed by atoms with E-state index in [1.807, 2.05) is 0 Å². The Kier molecular flexibility index (Phi) is 4.31. The lowest BCUT2D eigenvalue weighted by atomic mass is 10.1. The molecule has 5 nitrogen and oxygen atoms in total. The van der Waals surface area contributed by atoms with E-state index in [9.17, 15) is 18.0 Å². The summed E-state index contributed by atoms with van der Waals surface area (Å²) in [4.78, 5) is 20.7. The molecule has 2 heterocycles. The van der Waals surface area contributed by atoms with Crippen molar-refractivity contribution in [1.29, 1.82) is 0 Å². The molecule has 8 heteroatoms. The van der Waals surface area contributed by atoms with Crippen molar-refractivity contribution in [2.45, 2.75) is 6.18 Å². The van der Waals surface area contributed by atoms with Crippen molar-refractivity contribution in [3.05, 3.63) is 78.0 Å². The normalized spacial score (nSPS) is 11.5. The van der Waals surface area contributed by atoms with Crippen LogP contribution in [0.5, 0.6) is 5.75 Å². The van der Waals surface area contributed by atoms with Crippen molar-refractivity contribution in [2.24, 2.45) is 0 Å². The van der Waals surface area contributed by atoms with E-state index in [0.717, 1.165) is 12.1 Å². The van der Waals surface area contributed by atoms with Crippen LogP contribution in [-0.2, 0) is 6.18 Å². The maximum absolute atomic E-state index is 13.1. The van der Waals surface area contributed by atoms with Gasteiger partial charge in [-0.15, -0.1) is 0 Å². The largest absolute Gasteiger partial charge is 0.435 e. The van der Waals surface area contributed by atoms with Crippen molar-refractivity contribution in [2.75, 3.05) is 0 Å². The number of halogens is 3. The third-order valence-electron chi connectivity index (χ3n) is 3.91. The number of hydrogen-bond donors (Lipinski definition) is 0. The minimum Gasteiger partial charge on any atom is -0.435 e. The number of nitrogens with zero attached hydrogens (tertiary/aromatic N) is 2. The molecule has 0 fully saturated rings. The van der Waals surface area contributed by atoms with Crippen molar-refractivity contribution in [3.63, 3.8) is 0 Å². The van der Waals surface area contributed by atoms with Gasteiger partial charge in [-0.25, -0.2) is 9.78 Å².